The summed E-state index contributed by atoms with van der Waals surface area (Å²) in [6, 6.07) is 17.1. The van der Waals surface area contributed by atoms with E-state index in [9.17, 15) is 0 Å². The molecule has 0 saturated carbocycles. The fourth-order valence-corrected chi connectivity index (χ4v) is 3.08. The van der Waals surface area contributed by atoms with Gasteiger partial charge in [0.25, 0.3) is 0 Å². The van der Waals surface area contributed by atoms with Crippen molar-refractivity contribution in [1.82, 2.24) is 10.1 Å². The maximum absolute atomic E-state index is 6.42. The molecule has 0 saturated heterocycles. The van der Waals surface area contributed by atoms with Gasteiger partial charge in [-0.25, -0.2) is 4.98 Å². The Morgan fingerprint density at radius 3 is 2.38 bits per heavy atom. The summed E-state index contributed by atoms with van der Waals surface area (Å²) in [6.07, 6.45) is 0. The third-order valence-corrected chi connectivity index (χ3v) is 4.43. The number of nitrogens with zero attached hydrogens (tertiary/aromatic N) is 2. The van der Waals surface area contributed by atoms with Crippen molar-refractivity contribution < 1.29 is 14.0 Å². The van der Waals surface area contributed by atoms with Gasteiger partial charge in [-0.1, -0.05) is 47.1 Å². The van der Waals surface area contributed by atoms with E-state index in [-0.39, 0.29) is 0 Å². The lowest BCUT2D eigenvalue weighted by Crippen LogP contribution is -1.93. The summed E-state index contributed by atoms with van der Waals surface area (Å²) < 4.78 is 16.3. The second-order valence-electron chi connectivity index (χ2n) is 5.64. The largest absolute Gasteiger partial charge is 0.496 e. The molecule has 0 fully saturated rings. The highest BCUT2D eigenvalue weighted by Crippen LogP contribution is 2.38. The fraction of sp³-hybridized carbons (Fsp3) is 0.100. The number of halogens is 1. The second kappa shape index (κ2) is 6.69. The van der Waals surface area contributed by atoms with Gasteiger partial charge in [-0.05, 0) is 18.2 Å². The first-order valence-electron chi connectivity index (χ1n) is 7.95. The number of aromatic nitrogens is 2. The van der Waals surface area contributed by atoms with Crippen LogP contribution in [-0.4, -0.2) is 24.4 Å². The van der Waals surface area contributed by atoms with Gasteiger partial charge in [0.2, 0.25) is 0 Å². The average molecular weight is 367 g/mol. The summed E-state index contributed by atoms with van der Waals surface area (Å²) in [5.74, 6) is 1.83. The summed E-state index contributed by atoms with van der Waals surface area (Å²) >= 11 is 6.42. The van der Waals surface area contributed by atoms with Gasteiger partial charge in [0.15, 0.2) is 5.76 Å². The van der Waals surface area contributed by atoms with Gasteiger partial charge in [0, 0.05) is 17.0 Å². The van der Waals surface area contributed by atoms with Crippen LogP contribution in [0.3, 0.4) is 0 Å². The van der Waals surface area contributed by atoms with Crippen molar-refractivity contribution in [2.75, 3.05) is 14.2 Å². The molecule has 0 aliphatic carbocycles. The minimum Gasteiger partial charge on any atom is -0.496 e. The smallest absolute Gasteiger partial charge is 0.170 e. The van der Waals surface area contributed by atoms with Crippen LogP contribution in [0.5, 0.6) is 11.5 Å². The minimum atomic E-state index is 0.305. The van der Waals surface area contributed by atoms with E-state index in [1.807, 2.05) is 48.5 Å². The zero-order chi connectivity index (χ0) is 18.1. The Hall–Kier alpha value is -3.05. The molecule has 2 aromatic carbocycles. The van der Waals surface area contributed by atoms with Crippen molar-refractivity contribution >= 4 is 22.5 Å². The third kappa shape index (κ3) is 2.76. The molecule has 0 radical (unpaired) electrons. The van der Waals surface area contributed by atoms with Gasteiger partial charge in [0.1, 0.15) is 27.9 Å². The van der Waals surface area contributed by atoms with E-state index >= 15 is 0 Å². The first-order chi connectivity index (χ1) is 12.7. The van der Waals surface area contributed by atoms with Crippen LogP contribution in [-0.2, 0) is 0 Å². The number of pyridine rings is 1. The molecule has 130 valence electrons. The molecule has 0 unspecified atom stereocenters. The van der Waals surface area contributed by atoms with Crippen LogP contribution in [0.15, 0.2) is 59.1 Å². The topological polar surface area (TPSA) is 57.4 Å². The van der Waals surface area contributed by atoms with E-state index < -0.39 is 0 Å². The Morgan fingerprint density at radius 2 is 1.65 bits per heavy atom. The molecule has 0 aliphatic heterocycles. The van der Waals surface area contributed by atoms with Crippen molar-refractivity contribution in [2.24, 2.45) is 0 Å². The predicted octanol–water partition coefficient (Wildman–Crippen LogP) is 5.23. The number of ether oxygens (including phenoxy) is 2. The zero-order valence-electron chi connectivity index (χ0n) is 14.2. The molecule has 4 rings (SSSR count). The number of hydrogen-bond donors (Lipinski definition) is 0. The lowest BCUT2D eigenvalue weighted by atomic mass is 10.1. The van der Waals surface area contributed by atoms with E-state index in [0.717, 1.165) is 16.6 Å². The normalized spacial score (nSPS) is 10.9. The monoisotopic (exact) mass is 366 g/mol. The van der Waals surface area contributed by atoms with Crippen molar-refractivity contribution in [2.45, 2.75) is 0 Å². The zero-order valence-corrected chi connectivity index (χ0v) is 14.9. The molecule has 2 aromatic heterocycles. The predicted molar refractivity (Wildman–Crippen MR) is 101 cm³/mol. The molecule has 0 amide bonds. The van der Waals surface area contributed by atoms with Crippen molar-refractivity contribution in [1.29, 1.82) is 0 Å². The van der Waals surface area contributed by atoms with Gasteiger partial charge >= 0.3 is 0 Å². The third-order valence-electron chi connectivity index (χ3n) is 4.15. The Kier molecular flexibility index (Phi) is 4.22. The molecule has 0 N–H and O–H groups in total. The molecule has 2 heterocycles. The first-order valence-corrected chi connectivity index (χ1v) is 8.33. The number of benzene rings is 2. The van der Waals surface area contributed by atoms with Gasteiger partial charge in [0.05, 0.1) is 19.8 Å². The van der Waals surface area contributed by atoms with Crippen LogP contribution in [0.1, 0.15) is 0 Å². The van der Waals surface area contributed by atoms with Crippen LogP contribution < -0.4 is 9.47 Å². The van der Waals surface area contributed by atoms with Gasteiger partial charge in [-0.3, -0.25) is 0 Å². The fourth-order valence-electron chi connectivity index (χ4n) is 2.85. The van der Waals surface area contributed by atoms with Crippen LogP contribution in [0.25, 0.3) is 33.5 Å². The summed E-state index contributed by atoms with van der Waals surface area (Å²) in [4.78, 5) is 4.49. The molecule has 26 heavy (non-hydrogen) atoms. The molecule has 4 aromatic rings. The molecular formula is C20H15ClN2O3. The lowest BCUT2D eigenvalue weighted by molar-refractivity contribution is 0.409. The maximum Gasteiger partial charge on any atom is 0.170 e. The standard InChI is InChI=1S/C20H15ClN2O3/c1-24-16-8-9-17(25-2)19-13(16)10-14(20(21)22-19)18-11-15(23-26-18)12-6-4-3-5-7-12/h3-11H,1-2H3. The first kappa shape index (κ1) is 16.4. The molecule has 0 atom stereocenters. The molecule has 5 nitrogen and oxygen atoms in total. The van der Waals surface area contributed by atoms with Crippen molar-refractivity contribution in [3.05, 3.63) is 59.8 Å². The average Bonchev–Trinajstić information content (AvgIpc) is 3.17. The Bertz CT molecular complexity index is 1080. The highest BCUT2D eigenvalue weighted by molar-refractivity contribution is 6.32. The van der Waals surface area contributed by atoms with Crippen molar-refractivity contribution in [3.8, 4) is 34.1 Å². The van der Waals surface area contributed by atoms with E-state index in [1.165, 1.54) is 0 Å². The quantitative estimate of drug-likeness (QED) is 0.463. The minimum absolute atomic E-state index is 0.305. The summed E-state index contributed by atoms with van der Waals surface area (Å²) in [7, 11) is 3.20. The van der Waals surface area contributed by atoms with Gasteiger partial charge in [-0.2, -0.15) is 0 Å². The van der Waals surface area contributed by atoms with Gasteiger partial charge in [-0.15, -0.1) is 0 Å². The van der Waals surface area contributed by atoms with Gasteiger partial charge < -0.3 is 14.0 Å². The van der Waals surface area contributed by atoms with E-state index in [0.29, 0.717) is 33.5 Å². The van der Waals surface area contributed by atoms with Crippen LogP contribution in [0.2, 0.25) is 5.15 Å². The highest BCUT2D eigenvalue weighted by Gasteiger charge is 2.17. The van der Waals surface area contributed by atoms with Crippen molar-refractivity contribution in [3.63, 3.8) is 0 Å². The van der Waals surface area contributed by atoms with Crippen LogP contribution in [0, 0.1) is 0 Å². The number of rotatable bonds is 4. The number of methoxy groups -OCH3 is 2. The summed E-state index contributed by atoms with van der Waals surface area (Å²) in [6.45, 7) is 0. The Balaban J connectivity index is 1.87. The number of fused-ring (bicyclic) bond motifs is 1. The molecule has 0 aliphatic rings. The Morgan fingerprint density at radius 1 is 0.923 bits per heavy atom. The Labute approximate surface area is 155 Å². The SMILES string of the molecule is COc1ccc(OC)c2nc(Cl)c(-c3cc(-c4ccccc4)no3)cc12. The molecule has 0 bridgehead atoms. The molecule has 6 heteroatoms. The molecule has 0 spiro atoms. The van der Waals surface area contributed by atoms with Crippen LogP contribution >= 0.6 is 11.6 Å². The van der Waals surface area contributed by atoms with E-state index in [2.05, 4.69) is 10.1 Å². The maximum atomic E-state index is 6.42. The summed E-state index contributed by atoms with van der Waals surface area (Å²) in [5, 5.41) is 5.23. The van der Waals surface area contributed by atoms with E-state index in [1.54, 1.807) is 20.3 Å². The number of hydrogen-bond acceptors (Lipinski definition) is 5. The van der Waals surface area contributed by atoms with E-state index in [4.69, 9.17) is 25.6 Å². The highest BCUT2D eigenvalue weighted by atomic mass is 35.5. The summed E-state index contributed by atoms with van der Waals surface area (Å²) in [5.41, 5.74) is 2.96. The lowest BCUT2D eigenvalue weighted by Gasteiger charge is -2.10. The molecular weight excluding hydrogens is 352 g/mol. The second-order valence-corrected chi connectivity index (χ2v) is 5.99. The van der Waals surface area contributed by atoms with Crippen LogP contribution in [0.4, 0.5) is 0 Å².